The molecule has 24 heavy (non-hydrogen) atoms. The zero-order chi connectivity index (χ0) is 18.7. The molecule has 0 aliphatic carbocycles. The van der Waals surface area contributed by atoms with E-state index in [0.29, 0.717) is 6.07 Å². The number of ether oxygens (including phenoxy) is 1. The van der Waals surface area contributed by atoms with Gasteiger partial charge in [0.05, 0.1) is 18.0 Å². The Morgan fingerprint density at radius 2 is 1.79 bits per heavy atom. The molecule has 134 valence electrons. The third-order valence-electron chi connectivity index (χ3n) is 2.72. The third kappa shape index (κ3) is 6.43. The van der Waals surface area contributed by atoms with E-state index < -0.39 is 47.7 Å². The van der Waals surface area contributed by atoms with Crippen molar-refractivity contribution in [1.29, 1.82) is 0 Å². The summed E-state index contributed by atoms with van der Waals surface area (Å²) in [6, 6.07) is 0.234. The second kappa shape index (κ2) is 7.06. The molecule has 0 bridgehead atoms. The minimum absolute atomic E-state index is 0.287. The highest BCUT2D eigenvalue weighted by Crippen LogP contribution is 2.32. The van der Waals surface area contributed by atoms with Gasteiger partial charge in [-0.3, -0.25) is 4.79 Å². The maximum atomic E-state index is 13.5. The Kier molecular flexibility index (Phi) is 5.80. The smallest absolute Gasteiger partial charge is 0.416 e. The van der Waals surface area contributed by atoms with Gasteiger partial charge in [-0.2, -0.15) is 13.2 Å². The molecule has 0 spiro atoms. The van der Waals surface area contributed by atoms with Crippen molar-refractivity contribution < 1.29 is 37.0 Å². The second-order valence-electron chi connectivity index (χ2n) is 6.07. The van der Waals surface area contributed by atoms with E-state index in [1.165, 1.54) is 0 Å². The summed E-state index contributed by atoms with van der Waals surface area (Å²) in [6.07, 6.45) is -6.57. The van der Waals surface area contributed by atoms with Gasteiger partial charge in [0.2, 0.25) is 0 Å². The van der Waals surface area contributed by atoms with Crippen LogP contribution in [0.4, 0.5) is 22.4 Å². The standard InChI is InChI=1S/C15H17F4NO4/c1-14(2,3)24-13(23)20-11(7-12(21)22)8-4-9(15(17,18)19)6-10(16)5-8/h4-6,11H,7H2,1-3H3,(H,20,23)(H,21,22)/t11-/m0/s1. The van der Waals surface area contributed by atoms with Crippen molar-refractivity contribution in [2.24, 2.45) is 0 Å². The molecule has 0 aliphatic heterocycles. The van der Waals surface area contributed by atoms with Crippen molar-refractivity contribution in [3.05, 3.63) is 35.1 Å². The van der Waals surface area contributed by atoms with Crippen molar-refractivity contribution in [3.63, 3.8) is 0 Å². The van der Waals surface area contributed by atoms with Crippen molar-refractivity contribution >= 4 is 12.1 Å². The van der Waals surface area contributed by atoms with E-state index in [-0.39, 0.29) is 11.6 Å². The predicted octanol–water partition coefficient (Wildman–Crippen LogP) is 3.89. The molecule has 0 saturated carbocycles. The number of carboxylic acids is 1. The largest absolute Gasteiger partial charge is 0.481 e. The normalized spacial score (nSPS) is 13.3. The number of hydrogen-bond donors (Lipinski definition) is 2. The first kappa shape index (κ1) is 19.7. The fourth-order valence-electron chi connectivity index (χ4n) is 1.85. The summed E-state index contributed by atoms with van der Waals surface area (Å²) in [5.41, 5.74) is -2.49. The van der Waals surface area contributed by atoms with Crippen molar-refractivity contribution in [2.75, 3.05) is 0 Å². The number of alkyl halides is 3. The molecule has 0 fully saturated rings. The fourth-order valence-corrected chi connectivity index (χ4v) is 1.85. The lowest BCUT2D eigenvalue weighted by atomic mass is 10.0. The quantitative estimate of drug-likeness (QED) is 0.807. The van der Waals surface area contributed by atoms with Crippen LogP contribution in [0.25, 0.3) is 0 Å². The molecule has 1 amide bonds. The van der Waals surface area contributed by atoms with Crippen molar-refractivity contribution in [3.8, 4) is 0 Å². The average molecular weight is 351 g/mol. The summed E-state index contributed by atoms with van der Waals surface area (Å²) in [5.74, 6) is -2.57. The molecule has 0 saturated heterocycles. The molecule has 1 rings (SSSR count). The first-order valence-corrected chi connectivity index (χ1v) is 6.87. The van der Waals surface area contributed by atoms with Crippen LogP contribution in [-0.4, -0.2) is 22.8 Å². The molecule has 5 nitrogen and oxygen atoms in total. The molecule has 1 aromatic carbocycles. The first-order valence-electron chi connectivity index (χ1n) is 6.87. The van der Waals surface area contributed by atoms with E-state index in [9.17, 15) is 27.2 Å². The van der Waals surface area contributed by atoms with Gasteiger partial charge in [0.15, 0.2) is 0 Å². The molecule has 0 aliphatic rings. The molecule has 0 unspecified atom stereocenters. The van der Waals surface area contributed by atoms with Crippen LogP contribution in [0.3, 0.4) is 0 Å². The van der Waals surface area contributed by atoms with Gasteiger partial charge in [-0.25, -0.2) is 9.18 Å². The molecule has 9 heteroatoms. The van der Waals surface area contributed by atoms with Crippen LogP contribution in [0.1, 0.15) is 44.4 Å². The fraction of sp³-hybridized carbons (Fsp3) is 0.467. The third-order valence-corrected chi connectivity index (χ3v) is 2.72. The summed E-state index contributed by atoms with van der Waals surface area (Å²) < 4.78 is 56.7. The highest BCUT2D eigenvalue weighted by molar-refractivity contribution is 5.72. The number of hydrogen-bond acceptors (Lipinski definition) is 3. The SMILES string of the molecule is CC(C)(C)OC(=O)N[C@@H](CC(=O)O)c1cc(F)cc(C(F)(F)F)c1. The number of carbonyl (C=O) groups excluding carboxylic acids is 1. The summed E-state index contributed by atoms with van der Waals surface area (Å²) in [5, 5.41) is 11.0. The zero-order valence-corrected chi connectivity index (χ0v) is 13.2. The molecule has 1 atom stereocenters. The van der Waals surface area contributed by atoms with Crippen LogP contribution >= 0.6 is 0 Å². The highest BCUT2D eigenvalue weighted by Gasteiger charge is 2.32. The zero-order valence-electron chi connectivity index (χ0n) is 13.2. The predicted molar refractivity (Wildman–Crippen MR) is 75.8 cm³/mol. The Morgan fingerprint density at radius 1 is 1.21 bits per heavy atom. The lowest BCUT2D eigenvalue weighted by molar-refractivity contribution is -0.138. The van der Waals surface area contributed by atoms with E-state index >= 15 is 0 Å². The topological polar surface area (TPSA) is 75.6 Å². The number of amides is 1. The van der Waals surface area contributed by atoms with Crippen LogP contribution in [0.15, 0.2) is 18.2 Å². The summed E-state index contributed by atoms with van der Waals surface area (Å²) in [7, 11) is 0. The first-order chi connectivity index (χ1) is 10.8. The molecule has 0 heterocycles. The minimum Gasteiger partial charge on any atom is -0.481 e. The van der Waals surface area contributed by atoms with Crippen LogP contribution in [0.5, 0.6) is 0 Å². The molecular formula is C15H17F4NO4. The van der Waals surface area contributed by atoms with Crippen molar-refractivity contribution in [1.82, 2.24) is 5.32 Å². The number of alkyl carbamates (subject to hydrolysis) is 1. The molecule has 1 aromatic rings. The number of nitrogens with one attached hydrogen (secondary N) is 1. The number of carboxylic acid groups (broad SMARTS) is 1. The second-order valence-corrected chi connectivity index (χ2v) is 6.07. The van der Waals surface area contributed by atoms with Gasteiger partial charge in [-0.1, -0.05) is 0 Å². The number of halogens is 4. The van der Waals surface area contributed by atoms with Crippen LogP contribution in [0.2, 0.25) is 0 Å². The maximum absolute atomic E-state index is 13.5. The molecule has 2 N–H and O–H groups in total. The van der Waals surface area contributed by atoms with Crippen LogP contribution < -0.4 is 5.32 Å². The monoisotopic (exact) mass is 351 g/mol. The van der Waals surface area contributed by atoms with E-state index in [1.807, 2.05) is 0 Å². The van der Waals surface area contributed by atoms with E-state index in [2.05, 4.69) is 5.32 Å². The number of carbonyl (C=O) groups is 2. The van der Waals surface area contributed by atoms with E-state index in [4.69, 9.17) is 9.84 Å². The van der Waals surface area contributed by atoms with E-state index in [0.717, 1.165) is 6.07 Å². The van der Waals surface area contributed by atoms with Gasteiger partial charge in [0.25, 0.3) is 0 Å². The highest BCUT2D eigenvalue weighted by atomic mass is 19.4. The van der Waals surface area contributed by atoms with Gasteiger partial charge in [0.1, 0.15) is 11.4 Å². The van der Waals surface area contributed by atoms with E-state index in [1.54, 1.807) is 20.8 Å². The molecule has 0 aromatic heterocycles. The lowest BCUT2D eigenvalue weighted by Crippen LogP contribution is -2.36. The Morgan fingerprint density at radius 3 is 2.25 bits per heavy atom. The van der Waals surface area contributed by atoms with Gasteiger partial charge in [-0.05, 0) is 44.5 Å². The van der Waals surface area contributed by atoms with Crippen molar-refractivity contribution in [2.45, 2.75) is 45.0 Å². The van der Waals surface area contributed by atoms with Gasteiger partial charge in [-0.15, -0.1) is 0 Å². The molecular weight excluding hydrogens is 334 g/mol. The average Bonchev–Trinajstić information content (AvgIpc) is 2.33. The molecule has 0 radical (unpaired) electrons. The van der Waals surface area contributed by atoms with Crippen LogP contribution in [0, 0.1) is 5.82 Å². The summed E-state index contributed by atoms with van der Waals surface area (Å²) in [4.78, 5) is 22.7. The Labute approximate surface area is 135 Å². The Balaban J connectivity index is 3.15. The summed E-state index contributed by atoms with van der Waals surface area (Å²) in [6.45, 7) is 4.67. The minimum atomic E-state index is -4.81. The Hall–Kier alpha value is -2.32. The van der Waals surface area contributed by atoms with Crippen LogP contribution in [-0.2, 0) is 15.7 Å². The number of rotatable bonds is 4. The van der Waals surface area contributed by atoms with Gasteiger partial charge in [0, 0.05) is 0 Å². The number of benzene rings is 1. The number of aliphatic carboxylic acids is 1. The Bertz CT molecular complexity index is 623. The lowest BCUT2D eigenvalue weighted by Gasteiger charge is -2.23. The summed E-state index contributed by atoms with van der Waals surface area (Å²) >= 11 is 0. The maximum Gasteiger partial charge on any atom is 0.416 e. The van der Waals surface area contributed by atoms with Gasteiger partial charge < -0.3 is 15.2 Å². The van der Waals surface area contributed by atoms with Gasteiger partial charge >= 0.3 is 18.2 Å².